The number of carbonyl (C=O) groups excluding carboxylic acids is 2. The van der Waals surface area contributed by atoms with Gasteiger partial charge in [0, 0.05) is 18.7 Å². The number of carbonyl (C=O) groups is 2. The molecule has 1 aliphatic heterocycles. The summed E-state index contributed by atoms with van der Waals surface area (Å²) in [4.78, 5) is 28.6. The Morgan fingerprint density at radius 2 is 1.62 bits per heavy atom. The van der Waals surface area contributed by atoms with Gasteiger partial charge in [0.05, 0.1) is 20.6 Å². The van der Waals surface area contributed by atoms with Crippen LogP contribution in [0.3, 0.4) is 0 Å². The van der Waals surface area contributed by atoms with Crippen LogP contribution in [0.1, 0.15) is 32.8 Å². The number of halogens is 2. The lowest BCUT2D eigenvalue weighted by molar-refractivity contribution is -0.139. The fourth-order valence-corrected chi connectivity index (χ4v) is 6.07. The Kier molecular flexibility index (Phi) is 10.2. The van der Waals surface area contributed by atoms with E-state index < -0.39 is 28.5 Å². The normalized spacial score (nSPS) is 14.0. The Balaban J connectivity index is 1.73. The van der Waals surface area contributed by atoms with Crippen molar-refractivity contribution >= 4 is 50.7 Å². The average Bonchev–Trinajstić information content (AvgIpc) is 2.99. The summed E-state index contributed by atoms with van der Waals surface area (Å²) in [6.45, 7) is 5.50. The highest BCUT2D eigenvalue weighted by Gasteiger charge is 2.33. The molecule has 42 heavy (non-hydrogen) atoms. The quantitative estimate of drug-likeness (QED) is 0.308. The number of hydrogen-bond acceptors (Lipinski definition) is 6. The number of hydrogen-bond donors (Lipinski definition) is 1. The van der Waals surface area contributed by atoms with Gasteiger partial charge >= 0.3 is 0 Å². The van der Waals surface area contributed by atoms with Crippen LogP contribution < -0.4 is 19.1 Å². The largest absolute Gasteiger partial charge is 0.486 e. The van der Waals surface area contributed by atoms with Gasteiger partial charge in [-0.15, -0.1) is 0 Å². The molecule has 2 atom stereocenters. The minimum Gasteiger partial charge on any atom is -0.486 e. The van der Waals surface area contributed by atoms with E-state index in [1.807, 2.05) is 13.8 Å². The third kappa shape index (κ3) is 7.29. The van der Waals surface area contributed by atoms with Crippen molar-refractivity contribution in [2.75, 3.05) is 24.1 Å². The van der Waals surface area contributed by atoms with Crippen molar-refractivity contribution in [1.29, 1.82) is 0 Å². The molecule has 0 bridgehead atoms. The summed E-state index contributed by atoms with van der Waals surface area (Å²) >= 11 is 12.3. The van der Waals surface area contributed by atoms with E-state index in [1.54, 1.807) is 55.5 Å². The highest BCUT2D eigenvalue weighted by molar-refractivity contribution is 7.92. The van der Waals surface area contributed by atoms with Crippen LogP contribution >= 0.6 is 23.2 Å². The smallest absolute Gasteiger partial charge is 0.264 e. The number of ether oxygens (including phenoxy) is 2. The standard InChI is InChI=1S/C30H33Cl2N3O6S/c1-4-20(2)33-30(37)21(3)34(18-22-10-12-25(31)26(32)16-22)29(36)19-35(42(38,39)24-8-6-5-7-9-24)23-11-13-27-28(17-23)41-15-14-40-27/h5-13,16-17,20-21H,4,14-15,18-19H2,1-3H3,(H,33,37)/t20-,21+/m0/s1. The van der Waals surface area contributed by atoms with Crippen LogP contribution in [-0.2, 0) is 26.2 Å². The zero-order valence-electron chi connectivity index (χ0n) is 23.5. The molecule has 2 amide bonds. The van der Waals surface area contributed by atoms with Crippen molar-refractivity contribution in [3.05, 3.63) is 82.3 Å². The van der Waals surface area contributed by atoms with Crippen molar-refractivity contribution in [2.45, 2.75) is 50.7 Å². The second-order valence-corrected chi connectivity index (χ2v) is 12.6. The number of nitrogens with zero attached hydrogens (tertiary/aromatic N) is 2. The SMILES string of the molecule is CC[C@H](C)NC(=O)[C@@H](C)N(Cc1ccc(Cl)c(Cl)c1)C(=O)CN(c1ccc2c(c1)OCCO2)S(=O)(=O)c1ccccc1. The first kappa shape index (κ1) is 31.5. The maximum Gasteiger partial charge on any atom is 0.264 e. The van der Waals surface area contributed by atoms with E-state index in [4.69, 9.17) is 32.7 Å². The minimum absolute atomic E-state index is 0.00582. The van der Waals surface area contributed by atoms with Gasteiger partial charge in [-0.25, -0.2) is 8.42 Å². The Hall–Kier alpha value is -3.47. The van der Waals surface area contributed by atoms with Gasteiger partial charge in [-0.2, -0.15) is 0 Å². The van der Waals surface area contributed by atoms with E-state index in [1.165, 1.54) is 23.1 Å². The Labute approximate surface area is 256 Å². The van der Waals surface area contributed by atoms with E-state index in [0.717, 1.165) is 4.31 Å². The first-order chi connectivity index (χ1) is 20.0. The molecular formula is C30H33Cl2N3O6S. The van der Waals surface area contributed by atoms with Crippen LogP contribution in [0.25, 0.3) is 0 Å². The predicted octanol–water partition coefficient (Wildman–Crippen LogP) is 5.29. The van der Waals surface area contributed by atoms with Crippen molar-refractivity contribution in [2.24, 2.45) is 0 Å². The molecule has 0 unspecified atom stereocenters. The topological polar surface area (TPSA) is 105 Å². The van der Waals surface area contributed by atoms with E-state index in [-0.39, 0.29) is 29.1 Å². The summed E-state index contributed by atoms with van der Waals surface area (Å²) in [5.41, 5.74) is 0.834. The average molecular weight is 635 g/mol. The van der Waals surface area contributed by atoms with Gasteiger partial charge in [0.2, 0.25) is 11.8 Å². The number of amides is 2. The van der Waals surface area contributed by atoms with Crippen molar-refractivity contribution in [1.82, 2.24) is 10.2 Å². The third-order valence-corrected chi connectivity index (χ3v) is 9.46. The minimum atomic E-state index is -4.21. The number of rotatable bonds is 11. The molecule has 1 heterocycles. The first-order valence-electron chi connectivity index (χ1n) is 13.5. The van der Waals surface area contributed by atoms with Crippen LogP contribution in [-0.4, -0.2) is 57.0 Å². The lowest BCUT2D eigenvalue weighted by atomic mass is 10.1. The Bertz CT molecular complexity index is 1540. The van der Waals surface area contributed by atoms with Gasteiger partial charge < -0.3 is 19.7 Å². The molecule has 4 rings (SSSR count). The van der Waals surface area contributed by atoms with Gasteiger partial charge in [-0.05, 0) is 62.2 Å². The molecule has 0 aromatic heterocycles. The predicted molar refractivity (Wildman–Crippen MR) is 163 cm³/mol. The van der Waals surface area contributed by atoms with E-state index in [2.05, 4.69) is 5.32 Å². The van der Waals surface area contributed by atoms with Gasteiger partial charge in [0.15, 0.2) is 11.5 Å². The number of fused-ring (bicyclic) bond motifs is 1. The second kappa shape index (κ2) is 13.7. The lowest BCUT2D eigenvalue weighted by Gasteiger charge is -2.32. The highest BCUT2D eigenvalue weighted by Crippen LogP contribution is 2.36. The van der Waals surface area contributed by atoms with Crippen molar-refractivity contribution in [3.63, 3.8) is 0 Å². The molecule has 0 radical (unpaired) electrons. The van der Waals surface area contributed by atoms with Crippen LogP contribution in [0.2, 0.25) is 10.0 Å². The molecule has 12 heteroatoms. The van der Waals surface area contributed by atoms with Crippen LogP contribution in [0, 0.1) is 0 Å². The molecule has 1 N–H and O–H groups in total. The van der Waals surface area contributed by atoms with Crippen LogP contribution in [0.15, 0.2) is 71.6 Å². The second-order valence-electron chi connectivity index (χ2n) is 9.92. The highest BCUT2D eigenvalue weighted by atomic mass is 35.5. The molecule has 0 saturated heterocycles. The molecule has 0 fully saturated rings. The number of anilines is 1. The Morgan fingerprint density at radius 3 is 2.29 bits per heavy atom. The van der Waals surface area contributed by atoms with Crippen LogP contribution in [0.4, 0.5) is 5.69 Å². The summed E-state index contributed by atoms with van der Waals surface area (Å²) in [5.74, 6) is -0.116. The van der Waals surface area contributed by atoms with Crippen molar-refractivity contribution in [3.8, 4) is 11.5 Å². The molecule has 3 aromatic rings. The van der Waals surface area contributed by atoms with Gasteiger partial charge in [0.1, 0.15) is 25.8 Å². The first-order valence-corrected chi connectivity index (χ1v) is 15.7. The zero-order chi connectivity index (χ0) is 30.4. The number of sulfonamides is 1. The van der Waals surface area contributed by atoms with Gasteiger partial charge in [-0.3, -0.25) is 13.9 Å². The van der Waals surface area contributed by atoms with Gasteiger partial charge in [-0.1, -0.05) is 54.4 Å². The number of benzene rings is 3. The van der Waals surface area contributed by atoms with E-state index >= 15 is 0 Å². The molecule has 9 nitrogen and oxygen atoms in total. The molecule has 0 spiro atoms. The van der Waals surface area contributed by atoms with Crippen molar-refractivity contribution < 1.29 is 27.5 Å². The van der Waals surface area contributed by atoms with Crippen LogP contribution in [0.5, 0.6) is 11.5 Å². The van der Waals surface area contributed by atoms with Gasteiger partial charge in [0.25, 0.3) is 10.0 Å². The summed E-state index contributed by atoms with van der Waals surface area (Å²) < 4.78 is 40.2. The summed E-state index contributed by atoms with van der Waals surface area (Å²) in [6.07, 6.45) is 0.701. The fourth-order valence-electron chi connectivity index (χ4n) is 4.32. The molecule has 0 aliphatic carbocycles. The molecule has 224 valence electrons. The molecule has 3 aromatic carbocycles. The molecular weight excluding hydrogens is 601 g/mol. The summed E-state index contributed by atoms with van der Waals surface area (Å²) in [7, 11) is -4.21. The lowest BCUT2D eigenvalue weighted by Crippen LogP contribution is -2.52. The molecule has 0 saturated carbocycles. The maximum atomic E-state index is 14.1. The summed E-state index contributed by atoms with van der Waals surface area (Å²) in [5, 5.41) is 3.55. The Morgan fingerprint density at radius 1 is 0.929 bits per heavy atom. The zero-order valence-corrected chi connectivity index (χ0v) is 25.9. The maximum absolute atomic E-state index is 14.1. The summed E-state index contributed by atoms with van der Waals surface area (Å²) in [6, 6.07) is 16.4. The van der Waals surface area contributed by atoms with E-state index in [9.17, 15) is 18.0 Å². The number of nitrogens with one attached hydrogen (secondary N) is 1. The van der Waals surface area contributed by atoms with E-state index in [0.29, 0.717) is 46.7 Å². The molecule has 1 aliphatic rings. The third-order valence-electron chi connectivity index (χ3n) is 6.93. The monoisotopic (exact) mass is 633 g/mol. The fraction of sp³-hybridized carbons (Fsp3) is 0.333.